The van der Waals surface area contributed by atoms with Crippen LogP contribution in [0, 0.1) is 6.92 Å². The summed E-state index contributed by atoms with van der Waals surface area (Å²) < 4.78 is 1.04. The highest BCUT2D eigenvalue weighted by molar-refractivity contribution is 9.10. The van der Waals surface area contributed by atoms with Crippen LogP contribution in [0.2, 0.25) is 0 Å². The molecule has 2 N–H and O–H groups in total. The van der Waals surface area contributed by atoms with Gasteiger partial charge < -0.3 is 10.6 Å². The maximum absolute atomic E-state index is 11.9. The van der Waals surface area contributed by atoms with Gasteiger partial charge in [-0.3, -0.25) is 4.79 Å². The minimum absolute atomic E-state index is 0.0133. The quantitative estimate of drug-likeness (QED) is 0.779. The van der Waals surface area contributed by atoms with Gasteiger partial charge >= 0.3 is 0 Å². The smallest absolute Gasteiger partial charge is 0.226 e. The lowest BCUT2D eigenvalue weighted by molar-refractivity contribution is -0.115. The van der Waals surface area contributed by atoms with E-state index in [0.29, 0.717) is 13.0 Å². The lowest BCUT2D eigenvalue weighted by Gasteiger charge is -2.09. The van der Waals surface area contributed by atoms with E-state index in [1.165, 1.54) is 5.56 Å². The Morgan fingerprint density at radius 1 is 1.09 bits per heavy atom. The van der Waals surface area contributed by atoms with E-state index in [4.69, 9.17) is 0 Å². The molecule has 1 amide bonds. The van der Waals surface area contributed by atoms with Gasteiger partial charge in [0.05, 0.1) is 0 Å². The first-order chi connectivity index (χ1) is 10.6. The van der Waals surface area contributed by atoms with E-state index in [2.05, 4.69) is 57.8 Å². The Bertz CT molecular complexity index is 638. The van der Waals surface area contributed by atoms with Crippen molar-refractivity contribution in [2.45, 2.75) is 26.7 Å². The summed E-state index contributed by atoms with van der Waals surface area (Å²) in [5.74, 6) is 0.0133. The number of aryl methyl sites for hydroxylation is 2. The number of carbonyl (C=O) groups is 1. The van der Waals surface area contributed by atoms with E-state index in [1.54, 1.807) is 0 Å². The van der Waals surface area contributed by atoms with Gasteiger partial charge in [0, 0.05) is 28.8 Å². The second-order valence-corrected chi connectivity index (χ2v) is 6.09. The Labute approximate surface area is 140 Å². The topological polar surface area (TPSA) is 41.1 Å². The lowest BCUT2D eigenvalue weighted by Crippen LogP contribution is -2.16. The van der Waals surface area contributed by atoms with Crippen molar-refractivity contribution in [2.75, 3.05) is 17.2 Å². The summed E-state index contributed by atoms with van der Waals surface area (Å²) in [6, 6.07) is 14.1. The van der Waals surface area contributed by atoms with Gasteiger partial charge in [-0.2, -0.15) is 0 Å². The molecule has 2 rings (SSSR count). The highest BCUT2D eigenvalue weighted by Crippen LogP contribution is 2.20. The number of amides is 1. The number of hydrogen-bond donors (Lipinski definition) is 2. The minimum atomic E-state index is 0.0133. The molecule has 0 unspecified atom stereocenters. The standard InChI is InChI=1S/C18H21BrN2O/c1-3-14-4-6-15(7-5-14)20-11-10-18(22)21-16-8-9-17(19)13(2)12-16/h4-9,12,20H,3,10-11H2,1-2H3,(H,21,22). The average Bonchev–Trinajstić information content (AvgIpc) is 2.51. The van der Waals surface area contributed by atoms with Crippen molar-refractivity contribution in [1.82, 2.24) is 0 Å². The molecule has 0 fully saturated rings. The molecule has 4 heteroatoms. The van der Waals surface area contributed by atoms with Crippen molar-refractivity contribution in [2.24, 2.45) is 0 Å². The number of nitrogens with one attached hydrogen (secondary N) is 2. The molecule has 0 saturated carbocycles. The molecule has 0 bridgehead atoms. The molecule has 0 aliphatic rings. The van der Waals surface area contributed by atoms with Gasteiger partial charge in [-0.15, -0.1) is 0 Å². The summed E-state index contributed by atoms with van der Waals surface area (Å²) in [5, 5.41) is 6.18. The summed E-state index contributed by atoms with van der Waals surface area (Å²) in [4.78, 5) is 11.9. The number of carbonyl (C=O) groups excluding carboxylic acids is 1. The largest absolute Gasteiger partial charge is 0.385 e. The minimum Gasteiger partial charge on any atom is -0.385 e. The predicted octanol–water partition coefficient (Wildman–Crippen LogP) is 4.76. The molecular formula is C18H21BrN2O. The van der Waals surface area contributed by atoms with Gasteiger partial charge in [0.1, 0.15) is 0 Å². The zero-order valence-electron chi connectivity index (χ0n) is 12.9. The van der Waals surface area contributed by atoms with E-state index in [-0.39, 0.29) is 5.91 Å². The van der Waals surface area contributed by atoms with Gasteiger partial charge in [0.15, 0.2) is 0 Å². The summed E-state index contributed by atoms with van der Waals surface area (Å²) in [6.07, 6.45) is 1.47. The fourth-order valence-electron chi connectivity index (χ4n) is 2.12. The molecule has 3 nitrogen and oxygen atoms in total. The van der Waals surface area contributed by atoms with Gasteiger partial charge in [-0.1, -0.05) is 35.0 Å². The zero-order valence-corrected chi connectivity index (χ0v) is 14.5. The average molecular weight is 361 g/mol. The second-order valence-electron chi connectivity index (χ2n) is 5.24. The van der Waals surface area contributed by atoms with Crippen molar-refractivity contribution < 1.29 is 4.79 Å². The van der Waals surface area contributed by atoms with Gasteiger partial charge in [-0.25, -0.2) is 0 Å². The van der Waals surface area contributed by atoms with Crippen LogP contribution in [-0.4, -0.2) is 12.5 Å². The van der Waals surface area contributed by atoms with Crippen molar-refractivity contribution in [3.8, 4) is 0 Å². The third-order valence-electron chi connectivity index (χ3n) is 3.49. The van der Waals surface area contributed by atoms with Crippen molar-refractivity contribution in [1.29, 1.82) is 0 Å². The number of anilines is 2. The SMILES string of the molecule is CCc1ccc(NCCC(=O)Nc2ccc(Br)c(C)c2)cc1. The van der Waals surface area contributed by atoms with Gasteiger partial charge in [-0.05, 0) is 54.8 Å². The summed E-state index contributed by atoms with van der Waals surface area (Å²) in [5.41, 5.74) is 4.29. The highest BCUT2D eigenvalue weighted by Gasteiger charge is 2.03. The summed E-state index contributed by atoms with van der Waals surface area (Å²) >= 11 is 3.45. The molecule has 0 aromatic heterocycles. The molecule has 0 radical (unpaired) electrons. The monoisotopic (exact) mass is 360 g/mol. The molecule has 2 aromatic carbocycles. The third-order valence-corrected chi connectivity index (χ3v) is 4.37. The first kappa shape index (κ1) is 16.6. The van der Waals surface area contributed by atoms with E-state index in [9.17, 15) is 4.79 Å². The van der Waals surface area contributed by atoms with Crippen LogP contribution >= 0.6 is 15.9 Å². The van der Waals surface area contributed by atoms with Crippen LogP contribution in [0.1, 0.15) is 24.5 Å². The maximum atomic E-state index is 11.9. The first-order valence-corrected chi connectivity index (χ1v) is 8.26. The molecule has 0 saturated heterocycles. The first-order valence-electron chi connectivity index (χ1n) is 7.47. The van der Waals surface area contributed by atoms with Gasteiger partial charge in [0.2, 0.25) is 5.91 Å². The van der Waals surface area contributed by atoms with Crippen LogP contribution in [0.25, 0.3) is 0 Å². The summed E-state index contributed by atoms with van der Waals surface area (Å²) in [6.45, 7) is 4.75. The Kier molecular flexibility index (Phi) is 6.01. The van der Waals surface area contributed by atoms with Crippen molar-refractivity contribution in [3.05, 3.63) is 58.1 Å². The van der Waals surface area contributed by atoms with Crippen LogP contribution in [0.3, 0.4) is 0 Å². The maximum Gasteiger partial charge on any atom is 0.226 e. The molecule has 0 aliphatic carbocycles. The van der Waals surface area contributed by atoms with Crippen LogP contribution in [-0.2, 0) is 11.2 Å². The number of hydrogen-bond acceptors (Lipinski definition) is 2. The van der Waals surface area contributed by atoms with Crippen LogP contribution in [0.5, 0.6) is 0 Å². The second kappa shape index (κ2) is 7.99. The van der Waals surface area contributed by atoms with Crippen LogP contribution in [0.15, 0.2) is 46.9 Å². The number of rotatable bonds is 6. The fourth-order valence-corrected chi connectivity index (χ4v) is 2.37. The molecule has 0 atom stereocenters. The molecular weight excluding hydrogens is 340 g/mol. The normalized spacial score (nSPS) is 10.3. The Morgan fingerprint density at radius 2 is 1.77 bits per heavy atom. The Hall–Kier alpha value is -1.81. The van der Waals surface area contributed by atoms with E-state index >= 15 is 0 Å². The molecule has 116 valence electrons. The van der Waals surface area contributed by atoms with Gasteiger partial charge in [0.25, 0.3) is 0 Å². The van der Waals surface area contributed by atoms with E-state index < -0.39 is 0 Å². The van der Waals surface area contributed by atoms with Crippen LogP contribution < -0.4 is 10.6 Å². The van der Waals surface area contributed by atoms with E-state index in [1.807, 2.05) is 25.1 Å². The van der Waals surface area contributed by atoms with Crippen LogP contribution in [0.4, 0.5) is 11.4 Å². The highest BCUT2D eigenvalue weighted by atomic mass is 79.9. The molecule has 0 spiro atoms. The number of benzene rings is 2. The molecule has 0 aliphatic heterocycles. The van der Waals surface area contributed by atoms with E-state index in [0.717, 1.165) is 27.8 Å². The molecule has 0 heterocycles. The lowest BCUT2D eigenvalue weighted by atomic mass is 10.1. The zero-order chi connectivity index (χ0) is 15.9. The molecule has 22 heavy (non-hydrogen) atoms. The third kappa shape index (κ3) is 4.88. The van der Waals surface area contributed by atoms with Crippen molar-refractivity contribution >= 4 is 33.2 Å². The Balaban J connectivity index is 1.78. The fraction of sp³-hybridized carbons (Fsp3) is 0.278. The Morgan fingerprint density at radius 3 is 2.41 bits per heavy atom. The number of halogens is 1. The molecule has 2 aromatic rings. The van der Waals surface area contributed by atoms with Crippen molar-refractivity contribution in [3.63, 3.8) is 0 Å². The predicted molar refractivity (Wildman–Crippen MR) is 96.4 cm³/mol. The summed E-state index contributed by atoms with van der Waals surface area (Å²) in [7, 11) is 0.